The minimum atomic E-state index is -0.850. The molecule has 0 radical (unpaired) electrons. The number of nitrogens with one attached hydrogen (secondary N) is 2. The van der Waals surface area contributed by atoms with Crippen molar-refractivity contribution in [1.29, 1.82) is 0 Å². The maximum atomic E-state index is 15.6. The second-order valence-electron chi connectivity index (χ2n) is 11.9. The van der Waals surface area contributed by atoms with Crippen LogP contribution in [0.3, 0.4) is 0 Å². The number of hydrogen-bond acceptors (Lipinski definition) is 4. The van der Waals surface area contributed by atoms with Crippen LogP contribution in [0, 0.1) is 11.6 Å². The average molecular weight is 627 g/mol. The number of halogens is 2. The standard InChI is InChI=1S/C36H36F2N4O4/c1-42-21-28-26-15-16-39-31(26)19-30(38)35(28)46-24-12-13-29(37)27(18-24)36-40-20-32(41-36)25(9-4-2-3-5-10-33(42)43)23-8-6-7-22(17-23)11-14-34(44)45/h6-8,12-13,15-20,25,39H,2-5,9-11,14,21H2,1H3,(H,40,41)(H,44,45). The van der Waals surface area contributed by atoms with Crippen LogP contribution in [-0.4, -0.2) is 43.9 Å². The SMILES string of the molecule is CN1Cc2c(c(F)cc3[nH]ccc23)Oc2ccc(F)c(c2)-c2ncc([nH]2)C(c2cccc(CCC(=O)O)c2)CCCCCCC1=O. The summed E-state index contributed by atoms with van der Waals surface area (Å²) < 4.78 is 37.0. The lowest BCUT2D eigenvalue weighted by molar-refractivity contribution is -0.137. The third-order valence-corrected chi connectivity index (χ3v) is 8.69. The van der Waals surface area contributed by atoms with Gasteiger partial charge in [0.15, 0.2) is 11.6 Å². The average Bonchev–Trinajstić information content (AvgIpc) is 3.72. The van der Waals surface area contributed by atoms with Gasteiger partial charge in [0.2, 0.25) is 5.91 Å². The zero-order chi connectivity index (χ0) is 32.2. The van der Waals surface area contributed by atoms with Gasteiger partial charge >= 0.3 is 5.97 Å². The molecule has 1 amide bonds. The Morgan fingerprint density at radius 3 is 2.76 bits per heavy atom. The number of carboxylic acids is 1. The van der Waals surface area contributed by atoms with Crippen molar-refractivity contribution in [3.8, 4) is 22.9 Å². The Morgan fingerprint density at radius 2 is 1.91 bits per heavy atom. The minimum absolute atomic E-state index is 0.0230. The zero-order valence-corrected chi connectivity index (χ0v) is 25.6. The number of benzene rings is 3. The van der Waals surface area contributed by atoms with Gasteiger partial charge in [0, 0.05) is 73.0 Å². The second kappa shape index (κ2) is 13.6. The Morgan fingerprint density at radius 1 is 1.07 bits per heavy atom. The predicted octanol–water partition coefficient (Wildman–Crippen LogP) is 8.09. The van der Waals surface area contributed by atoms with Crippen LogP contribution in [0.1, 0.15) is 73.2 Å². The monoisotopic (exact) mass is 626 g/mol. The molecule has 0 spiro atoms. The summed E-state index contributed by atoms with van der Waals surface area (Å²) in [5.41, 5.74) is 4.03. The van der Waals surface area contributed by atoms with Crippen molar-refractivity contribution in [2.75, 3.05) is 7.05 Å². The molecule has 10 heteroatoms. The fourth-order valence-corrected chi connectivity index (χ4v) is 6.22. The Hall–Kier alpha value is -4.99. The van der Waals surface area contributed by atoms with E-state index in [4.69, 9.17) is 4.74 Å². The molecule has 1 unspecified atom stereocenters. The molecule has 0 aliphatic carbocycles. The Labute approximate surface area is 265 Å². The number of hydrogen-bond donors (Lipinski definition) is 3. The molecule has 238 valence electrons. The van der Waals surface area contributed by atoms with Crippen LogP contribution in [-0.2, 0) is 22.6 Å². The maximum absolute atomic E-state index is 15.6. The van der Waals surface area contributed by atoms with Gasteiger partial charge in [0.1, 0.15) is 17.4 Å². The Kier molecular flexibility index (Phi) is 9.14. The van der Waals surface area contributed by atoms with E-state index in [9.17, 15) is 14.7 Å². The Balaban J connectivity index is 1.39. The summed E-state index contributed by atoms with van der Waals surface area (Å²) in [5.74, 6) is -1.58. The molecule has 3 N–H and O–H groups in total. The van der Waals surface area contributed by atoms with Crippen LogP contribution in [0.4, 0.5) is 8.78 Å². The highest BCUT2D eigenvalue weighted by atomic mass is 19.1. The number of amides is 1. The molecule has 3 heterocycles. The number of H-pyrrole nitrogens is 2. The largest absolute Gasteiger partial charge is 0.481 e. The first-order chi connectivity index (χ1) is 22.3. The Bertz CT molecular complexity index is 1880. The van der Waals surface area contributed by atoms with Crippen LogP contribution >= 0.6 is 0 Å². The first kappa shape index (κ1) is 31.0. The van der Waals surface area contributed by atoms with Crippen LogP contribution < -0.4 is 4.74 Å². The van der Waals surface area contributed by atoms with Gasteiger partial charge in [-0.3, -0.25) is 9.59 Å². The molecular formula is C36H36F2N4O4. The molecule has 0 fully saturated rings. The number of rotatable bonds is 4. The number of nitrogens with zero attached hydrogens (tertiary/aromatic N) is 2. The second-order valence-corrected chi connectivity index (χ2v) is 11.9. The van der Waals surface area contributed by atoms with Crippen molar-refractivity contribution in [3.05, 3.63) is 101 Å². The molecule has 2 aromatic heterocycles. The summed E-state index contributed by atoms with van der Waals surface area (Å²) >= 11 is 0. The van der Waals surface area contributed by atoms with Gasteiger partial charge in [-0.25, -0.2) is 13.8 Å². The first-order valence-corrected chi connectivity index (χ1v) is 15.6. The number of aromatic amines is 2. The summed E-state index contributed by atoms with van der Waals surface area (Å²) in [4.78, 5) is 36.8. The number of fused-ring (bicyclic) bond motifs is 8. The fraction of sp³-hybridized carbons (Fsp3) is 0.306. The third kappa shape index (κ3) is 6.80. The number of aliphatic carboxylic acids is 1. The van der Waals surface area contributed by atoms with Gasteiger partial charge in [0.05, 0.1) is 5.56 Å². The van der Waals surface area contributed by atoms with Gasteiger partial charge < -0.3 is 24.7 Å². The van der Waals surface area contributed by atoms with E-state index in [-0.39, 0.29) is 41.9 Å². The van der Waals surface area contributed by atoms with Crippen molar-refractivity contribution in [2.45, 2.75) is 63.8 Å². The molecule has 5 aromatic rings. The van der Waals surface area contributed by atoms with E-state index >= 15 is 8.78 Å². The van der Waals surface area contributed by atoms with Gasteiger partial charge in [0.25, 0.3) is 0 Å². The summed E-state index contributed by atoms with van der Waals surface area (Å²) in [6, 6.07) is 15.3. The lowest BCUT2D eigenvalue weighted by Gasteiger charge is -2.21. The van der Waals surface area contributed by atoms with Crippen molar-refractivity contribution in [1.82, 2.24) is 19.9 Å². The molecular weight excluding hydrogens is 590 g/mol. The quantitative estimate of drug-likeness (QED) is 0.187. The van der Waals surface area contributed by atoms with Gasteiger partial charge in [-0.1, -0.05) is 43.5 Å². The number of carbonyl (C=O) groups is 2. The van der Waals surface area contributed by atoms with E-state index in [0.717, 1.165) is 54.3 Å². The number of carboxylic acid groups (broad SMARTS) is 1. The normalized spacial score (nSPS) is 16.3. The van der Waals surface area contributed by atoms with Crippen molar-refractivity contribution in [3.63, 3.8) is 0 Å². The molecule has 0 saturated carbocycles. The molecule has 6 rings (SSSR count). The van der Waals surface area contributed by atoms with Crippen molar-refractivity contribution < 1.29 is 28.2 Å². The molecule has 8 nitrogen and oxygen atoms in total. The smallest absolute Gasteiger partial charge is 0.303 e. The lowest BCUT2D eigenvalue weighted by Crippen LogP contribution is -2.26. The molecule has 46 heavy (non-hydrogen) atoms. The van der Waals surface area contributed by atoms with E-state index in [1.54, 1.807) is 24.3 Å². The van der Waals surface area contributed by atoms with Crippen molar-refractivity contribution in [2.24, 2.45) is 0 Å². The fourth-order valence-electron chi connectivity index (χ4n) is 6.22. The molecule has 1 aliphatic rings. The van der Waals surface area contributed by atoms with Gasteiger partial charge in [-0.2, -0.15) is 0 Å². The number of aryl methyl sites for hydroxylation is 1. The molecule has 1 atom stereocenters. The molecule has 1 aliphatic heterocycles. The predicted molar refractivity (Wildman–Crippen MR) is 171 cm³/mol. The highest BCUT2D eigenvalue weighted by Crippen LogP contribution is 2.38. The molecule has 0 saturated heterocycles. The number of imidazole rings is 1. The van der Waals surface area contributed by atoms with Crippen LogP contribution in [0.25, 0.3) is 22.3 Å². The molecule has 3 aromatic carbocycles. The van der Waals surface area contributed by atoms with Gasteiger partial charge in [-0.15, -0.1) is 0 Å². The van der Waals surface area contributed by atoms with Crippen LogP contribution in [0.5, 0.6) is 11.5 Å². The zero-order valence-electron chi connectivity index (χ0n) is 25.6. The third-order valence-electron chi connectivity index (χ3n) is 8.69. The van der Waals surface area contributed by atoms with E-state index in [0.29, 0.717) is 29.7 Å². The number of aromatic nitrogens is 3. The summed E-state index contributed by atoms with van der Waals surface area (Å²) in [5, 5.41) is 9.91. The van der Waals surface area contributed by atoms with Crippen molar-refractivity contribution >= 4 is 22.8 Å². The summed E-state index contributed by atoms with van der Waals surface area (Å²) in [6.07, 6.45) is 8.43. The highest BCUT2D eigenvalue weighted by Gasteiger charge is 2.23. The number of ether oxygens (including phenoxy) is 1. The van der Waals surface area contributed by atoms with Gasteiger partial charge in [-0.05, 0) is 54.7 Å². The summed E-state index contributed by atoms with van der Waals surface area (Å²) in [7, 11) is 1.71. The first-order valence-electron chi connectivity index (χ1n) is 15.6. The van der Waals surface area contributed by atoms with E-state index in [1.165, 1.54) is 24.3 Å². The van der Waals surface area contributed by atoms with E-state index in [2.05, 4.69) is 15.0 Å². The maximum Gasteiger partial charge on any atom is 0.303 e. The number of carbonyl (C=O) groups excluding carboxylic acids is 1. The van der Waals surface area contributed by atoms with Crippen LogP contribution in [0.2, 0.25) is 0 Å². The molecule has 4 bridgehead atoms. The van der Waals surface area contributed by atoms with E-state index < -0.39 is 17.6 Å². The summed E-state index contributed by atoms with van der Waals surface area (Å²) in [6.45, 7) is 0.142. The highest BCUT2D eigenvalue weighted by molar-refractivity contribution is 5.86. The minimum Gasteiger partial charge on any atom is -0.481 e. The van der Waals surface area contributed by atoms with Crippen LogP contribution in [0.15, 0.2) is 67.0 Å². The topological polar surface area (TPSA) is 111 Å². The lowest BCUT2D eigenvalue weighted by atomic mass is 9.89. The van der Waals surface area contributed by atoms with E-state index in [1.807, 2.05) is 30.3 Å².